The van der Waals surface area contributed by atoms with Crippen molar-refractivity contribution in [2.24, 2.45) is 0 Å². The van der Waals surface area contributed by atoms with Gasteiger partial charge in [0.15, 0.2) is 8.56 Å². The maximum atomic E-state index is 6.88. The Balaban J connectivity index is 7.44. The Bertz CT molecular complexity index is 431. The lowest BCUT2D eigenvalue weighted by atomic mass is 10.2. The van der Waals surface area contributed by atoms with E-state index in [9.17, 15) is 0 Å². The van der Waals surface area contributed by atoms with Crippen molar-refractivity contribution in [1.29, 1.82) is 0 Å². The first-order valence-corrected chi connectivity index (χ1v) is 25.8. The molecule has 0 saturated carbocycles. The summed E-state index contributed by atoms with van der Waals surface area (Å²) < 4.78 is 7.42. The molecule has 0 saturated heterocycles. The van der Waals surface area contributed by atoms with Crippen LogP contribution in [0.3, 0.4) is 0 Å². The molecular weight excluding hydrogens is 397 g/mol. The van der Waals surface area contributed by atoms with Crippen LogP contribution in [0.4, 0.5) is 0 Å². The molecule has 0 aromatic rings. The minimum atomic E-state index is -1.76. The lowest BCUT2D eigenvalue weighted by Crippen LogP contribution is -2.80. The van der Waals surface area contributed by atoms with Gasteiger partial charge < -0.3 is 4.43 Å². The monoisotopic (exact) mass is 447 g/mol. The first kappa shape index (κ1) is 27.0. The second-order valence-electron chi connectivity index (χ2n) is 13.7. The molecule has 0 spiro atoms. The Morgan fingerprint density at radius 1 is 0.538 bits per heavy atom. The summed E-state index contributed by atoms with van der Waals surface area (Å²) in [6.07, 6.45) is 0. The largest absolute Gasteiger partial charge is 0.424 e. The van der Waals surface area contributed by atoms with Gasteiger partial charge in [0, 0.05) is 31.3 Å². The molecule has 0 N–H and O–H groups in total. The van der Waals surface area contributed by atoms with Gasteiger partial charge in [-0.2, -0.15) is 0 Å². The van der Waals surface area contributed by atoms with Crippen LogP contribution in [0.25, 0.3) is 0 Å². The molecular formula is C20H51OSi5. The molecule has 0 heterocycles. The van der Waals surface area contributed by atoms with E-state index < -0.39 is 40.4 Å². The lowest BCUT2D eigenvalue weighted by molar-refractivity contribution is 0.423. The van der Waals surface area contributed by atoms with E-state index in [4.69, 9.17) is 4.43 Å². The highest BCUT2D eigenvalue weighted by atomic mass is 29.2. The average molecular weight is 448 g/mol. The van der Waals surface area contributed by atoms with Gasteiger partial charge in [-0.3, -0.25) is 0 Å². The highest BCUT2D eigenvalue weighted by Gasteiger charge is 2.72. The second-order valence-corrected chi connectivity index (χ2v) is 43.8. The molecule has 157 valence electrons. The summed E-state index contributed by atoms with van der Waals surface area (Å²) >= 11 is 0. The third-order valence-corrected chi connectivity index (χ3v) is 55.6. The molecule has 0 unspecified atom stereocenters. The SMILES string of the molecule is CO[Si](C([Si](C)(C)C)([Si](C)(C)C)[Si](C)(C)C)[Si](C)(C(C)(C)C)C(C)(C)C. The van der Waals surface area contributed by atoms with Gasteiger partial charge in [-0.1, -0.05) is 107 Å². The zero-order valence-corrected chi connectivity index (χ0v) is 26.4. The van der Waals surface area contributed by atoms with Crippen molar-refractivity contribution in [2.75, 3.05) is 7.11 Å². The topological polar surface area (TPSA) is 9.23 Å². The van der Waals surface area contributed by atoms with E-state index >= 15 is 0 Å². The summed E-state index contributed by atoms with van der Waals surface area (Å²) in [5, 5.41) is 0.694. The van der Waals surface area contributed by atoms with E-state index in [1.54, 1.807) is 0 Å². The Hall–Kier alpha value is 1.04. The van der Waals surface area contributed by atoms with E-state index in [-0.39, 0.29) is 0 Å². The summed E-state index contributed by atoms with van der Waals surface area (Å²) in [4.78, 5) is 0. The Morgan fingerprint density at radius 3 is 0.885 bits per heavy atom. The average Bonchev–Trinajstić information content (AvgIpc) is 2.26. The van der Waals surface area contributed by atoms with Crippen LogP contribution in [0.15, 0.2) is 0 Å². The smallest absolute Gasteiger partial charge is 0.195 e. The van der Waals surface area contributed by atoms with Crippen LogP contribution in [0.2, 0.25) is 79.5 Å². The molecule has 0 bridgehead atoms. The van der Waals surface area contributed by atoms with Crippen LogP contribution >= 0.6 is 0 Å². The Kier molecular flexibility index (Phi) is 7.68. The fourth-order valence-electron chi connectivity index (χ4n) is 6.94. The molecule has 1 nitrogen and oxygen atoms in total. The number of hydrogen-bond donors (Lipinski definition) is 0. The van der Waals surface area contributed by atoms with Crippen molar-refractivity contribution in [3.63, 3.8) is 0 Å². The molecule has 0 aliphatic carbocycles. The van der Waals surface area contributed by atoms with E-state index in [1.165, 1.54) is 0 Å². The van der Waals surface area contributed by atoms with Crippen molar-refractivity contribution in [2.45, 2.75) is 121 Å². The molecule has 0 aliphatic heterocycles. The molecule has 0 aromatic carbocycles. The standard InChI is InChI=1S/C20H51OSi5/c1-18(2,3)26(17,19(4,5)6)22(21-7)20(23(8,9)10,24(11,12)13)25(14,15)16/h1-17H3. The molecule has 6 heteroatoms. The van der Waals surface area contributed by atoms with Crippen LogP contribution in [-0.4, -0.2) is 47.5 Å². The van der Waals surface area contributed by atoms with Crippen LogP contribution in [0, 0.1) is 0 Å². The number of rotatable bonds is 6. The maximum absolute atomic E-state index is 6.88. The lowest BCUT2D eigenvalue weighted by Gasteiger charge is -2.67. The van der Waals surface area contributed by atoms with Crippen molar-refractivity contribution in [3.05, 3.63) is 0 Å². The maximum Gasteiger partial charge on any atom is 0.195 e. The summed E-state index contributed by atoms with van der Waals surface area (Å²) in [7, 11) is -5.10. The van der Waals surface area contributed by atoms with Crippen LogP contribution in [0.1, 0.15) is 41.5 Å². The zero-order valence-electron chi connectivity index (χ0n) is 21.4. The van der Waals surface area contributed by atoms with Gasteiger partial charge in [-0.05, 0) is 14.0 Å². The van der Waals surface area contributed by atoms with Gasteiger partial charge >= 0.3 is 0 Å². The molecule has 0 rings (SSSR count). The van der Waals surface area contributed by atoms with E-state index in [2.05, 4.69) is 114 Å². The van der Waals surface area contributed by atoms with Crippen LogP contribution in [0.5, 0.6) is 0 Å². The highest BCUT2D eigenvalue weighted by molar-refractivity contribution is 7.45. The summed E-state index contributed by atoms with van der Waals surface area (Å²) in [5.74, 6) is 0. The molecule has 26 heavy (non-hydrogen) atoms. The van der Waals surface area contributed by atoms with Gasteiger partial charge in [0.1, 0.15) is 0 Å². The van der Waals surface area contributed by atoms with Crippen molar-refractivity contribution < 1.29 is 4.43 Å². The third-order valence-electron chi connectivity index (χ3n) is 7.37. The second kappa shape index (κ2) is 7.38. The quantitative estimate of drug-likeness (QED) is 0.378. The van der Waals surface area contributed by atoms with Crippen molar-refractivity contribution in [1.82, 2.24) is 0 Å². The Morgan fingerprint density at radius 2 is 0.769 bits per heavy atom. The fourth-order valence-corrected chi connectivity index (χ4v) is 72.5. The van der Waals surface area contributed by atoms with Crippen LogP contribution < -0.4 is 0 Å². The van der Waals surface area contributed by atoms with E-state index in [0.29, 0.717) is 14.0 Å². The van der Waals surface area contributed by atoms with Gasteiger partial charge in [0.25, 0.3) is 0 Å². The molecule has 0 atom stereocenters. The van der Waals surface area contributed by atoms with Crippen LogP contribution in [-0.2, 0) is 4.43 Å². The molecule has 0 aromatic heterocycles. The molecule has 0 aliphatic rings. The molecule has 0 fully saturated rings. The predicted octanol–water partition coefficient (Wildman–Crippen LogP) is 7.75. The molecule has 1 radical (unpaired) electrons. The van der Waals surface area contributed by atoms with E-state index in [0.717, 1.165) is 0 Å². The highest BCUT2D eigenvalue weighted by Crippen LogP contribution is 2.63. The van der Waals surface area contributed by atoms with Crippen molar-refractivity contribution >= 4 is 40.4 Å². The van der Waals surface area contributed by atoms with E-state index in [1.807, 2.05) is 0 Å². The first-order valence-electron chi connectivity index (χ1n) is 10.4. The number of hydrogen-bond acceptors (Lipinski definition) is 1. The minimum Gasteiger partial charge on any atom is -0.424 e. The zero-order chi connectivity index (χ0) is 21.8. The van der Waals surface area contributed by atoms with Gasteiger partial charge in [0.05, 0.1) is 7.59 Å². The third kappa shape index (κ3) is 4.02. The summed E-state index contributed by atoms with van der Waals surface area (Å²) in [5.41, 5.74) is 0. The Labute approximate surface area is 172 Å². The minimum absolute atomic E-state index is 0.347. The summed E-state index contributed by atoms with van der Waals surface area (Å²) in [6.45, 7) is 41.9. The van der Waals surface area contributed by atoms with Crippen molar-refractivity contribution in [3.8, 4) is 0 Å². The van der Waals surface area contributed by atoms with Gasteiger partial charge in [-0.15, -0.1) is 0 Å². The normalized spacial score (nSPS) is 16.4. The molecule has 0 amide bonds. The summed E-state index contributed by atoms with van der Waals surface area (Å²) in [6, 6.07) is 0. The first-order chi connectivity index (χ1) is 10.9. The fraction of sp³-hybridized carbons (Fsp3) is 1.00. The predicted molar refractivity (Wildman–Crippen MR) is 137 cm³/mol. The van der Waals surface area contributed by atoms with Gasteiger partial charge in [0.2, 0.25) is 0 Å². The van der Waals surface area contributed by atoms with Gasteiger partial charge in [-0.25, -0.2) is 0 Å².